The maximum atomic E-state index is 12.1. The van der Waals surface area contributed by atoms with Gasteiger partial charge in [-0.05, 0) is 33.6 Å². The molecule has 1 unspecified atom stereocenters. The van der Waals surface area contributed by atoms with Crippen LogP contribution in [0.15, 0.2) is 0 Å². The molecule has 1 aliphatic rings. The van der Waals surface area contributed by atoms with Crippen molar-refractivity contribution in [3.63, 3.8) is 0 Å². The highest BCUT2D eigenvalue weighted by Crippen LogP contribution is 2.14. The summed E-state index contributed by atoms with van der Waals surface area (Å²) in [6.45, 7) is 9.19. The van der Waals surface area contributed by atoms with E-state index in [1.54, 1.807) is 0 Å². The fourth-order valence-corrected chi connectivity index (χ4v) is 2.23. The lowest BCUT2D eigenvalue weighted by molar-refractivity contribution is -0.136. The number of hydrogen-bond donors (Lipinski definition) is 1. The largest absolute Gasteiger partial charge is 0.393 e. The van der Waals surface area contributed by atoms with Crippen molar-refractivity contribution in [1.29, 1.82) is 0 Å². The number of carbonyl (C=O) groups is 1. The van der Waals surface area contributed by atoms with Crippen molar-refractivity contribution in [2.75, 3.05) is 26.2 Å². The molecule has 4 heteroatoms. The van der Waals surface area contributed by atoms with Gasteiger partial charge in [-0.15, -0.1) is 0 Å². The Morgan fingerprint density at radius 2 is 1.88 bits per heavy atom. The predicted molar refractivity (Wildman–Crippen MR) is 64.2 cm³/mol. The fourth-order valence-electron chi connectivity index (χ4n) is 2.23. The zero-order chi connectivity index (χ0) is 12.1. The molecule has 94 valence electrons. The number of nitrogens with zero attached hydrogens (tertiary/aromatic N) is 2. The first-order valence-electron chi connectivity index (χ1n) is 6.31. The summed E-state index contributed by atoms with van der Waals surface area (Å²) in [5.41, 5.74) is 0. The lowest BCUT2D eigenvalue weighted by atomic mass is 10.1. The van der Waals surface area contributed by atoms with Crippen LogP contribution in [0, 0.1) is 0 Å². The van der Waals surface area contributed by atoms with E-state index in [1.165, 1.54) is 0 Å². The van der Waals surface area contributed by atoms with Crippen LogP contribution in [0.4, 0.5) is 0 Å². The second kappa shape index (κ2) is 6.21. The van der Waals surface area contributed by atoms with Gasteiger partial charge in [0.1, 0.15) is 0 Å². The summed E-state index contributed by atoms with van der Waals surface area (Å²) in [6, 6.07) is -0.0487. The second-order valence-electron chi connectivity index (χ2n) is 4.45. The topological polar surface area (TPSA) is 43.8 Å². The molecule has 0 spiro atoms. The predicted octanol–water partition coefficient (Wildman–Crippen LogP) is 0.700. The third-order valence-corrected chi connectivity index (χ3v) is 3.48. The number of hydrogen-bond acceptors (Lipinski definition) is 3. The van der Waals surface area contributed by atoms with Gasteiger partial charge in [0.25, 0.3) is 0 Å². The van der Waals surface area contributed by atoms with Crippen LogP contribution in [0.5, 0.6) is 0 Å². The van der Waals surface area contributed by atoms with Crippen molar-refractivity contribution in [2.24, 2.45) is 0 Å². The van der Waals surface area contributed by atoms with E-state index in [-0.39, 0.29) is 18.1 Å². The third kappa shape index (κ3) is 3.19. The molecule has 1 atom stereocenters. The van der Waals surface area contributed by atoms with Crippen molar-refractivity contribution in [3.05, 3.63) is 0 Å². The smallest absolute Gasteiger partial charge is 0.239 e. The molecule has 1 rings (SSSR count). The Kier molecular flexibility index (Phi) is 5.22. The summed E-state index contributed by atoms with van der Waals surface area (Å²) in [5.74, 6) is 0.210. The van der Waals surface area contributed by atoms with Gasteiger partial charge in [-0.25, -0.2) is 0 Å². The van der Waals surface area contributed by atoms with Crippen LogP contribution in [0.3, 0.4) is 0 Å². The van der Waals surface area contributed by atoms with Gasteiger partial charge in [0.2, 0.25) is 5.91 Å². The van der Waals surface area contributed by atoms with Crippen molar-refractivity contribution in [1.82, 2.24) is 9.80 Å². The van der Waals surface area contributed by atoms with Crippen molar-refractivity contribution in [2.45, 2.75) is 45.8 Å². The van der Waals surface area contributed by atoms with Crippen LogP contribution in [0.25, 0.3) is 0 Å². The zero-order valence-corrected chi connectivity index (χ0v) is 10.6. The highest BCUT2D eigenvalue weighted by Gasteiger charge is 2.27. The molecule has 0 radical (unpaired) electrons. The van der Waals surface area contributed by atoms with Crippen LogP contribution in [-0.4, -0.2) is 59.1 Å². The Hall–Kier alpha value is -0.610. The lowest BCUT2D eigenvalue weighted by Gasteiger charge is -2.35. The summed E-state index contributed by atoms with van der Waals surface area (Å²) in [6.07, 6.45) is 1.40. The summed E-state index contributed by atoms with van der Waals surface area (Å²) >= 11 is 0. The van der Waals surface area contributed by atoms with E-state index >= 15 is 0 Å². The van der Waals surface area contributed by atoms with E-state index in [2.05, 4.69) is 4.90 Å². The average Bonchev–Trinajstić information content (AvgIpc) is 2.30. The molecule has 0 aliphatic carbocycles. The Bertz CT molecular complexity index is 221. The van der Waals surface area contributed by atoms with Gasteiger partial charge in [-0.3, -0.25) is 9.69 Å². The molecule has 1 heterocycles. The normalized spacial score (nSPS) is 20.8. The number of amides is 1. The summed E-state index contributed by atoms with van der Waals surface area (Å²) < 4.78 is 0. The fraction of sp³-hybridized carbons (Fsp3) is 0.917. The molecule has 4 nitrogen and oxygen atoms in total. The van der Waals surface area contributed by atoms with Crippen LogP contribution in [0.2, 0.25) is 0 Å². The van der Waals surface area contributed by atoms with Gasteiger partial charge in [0, 0.05) is 26.2 Å². The Morgan fingerprint density at radius 3 is 2.31 bits per heavy atom. The number of likely N-dealkylation sites (N-methyl/N-ethyl adjacent to an activating group) is 1. The maximum absolute atomic E-state index is 12.1. The van der Waals surface area contributed by atoms with Gasteiger partial charge in [-0.2, -0.15) is 0 Å². The minimum absolute atomic E-state index is 0.0487. The average molecular weight is 228 g/mol. The van der Waals surface area contributed by atoms with Crippen LogP contribution < -0.4 is 0 Å². The molecule has 1 fully saturated rings. The molecule has 1 aliphatic heterocycles. The van der Waals surface area contributed by atoms with Crippen LogP contribution in [-0.2, 0) is 4.79 Å². The quantitative estimate of drug-likeness (QED) is 0.770. The summed E-state index contributed by atoms with van der Waals surface area (Å²) in [7, 11) is 0. The van der Waals surface area contributed by atoms with E-state index in [0.717, 1.165) is 39.0 Å². The standard InChI is InChI=1S/C12H24N2O2/c1-4-13(5-2)12(16)10(3)14-8-6-11(15)7-9-14/h10-11,15H,4-9H2,1-3H3. The molecule has 1 N–H and O–H groups in total. The Labute approximate surface area is 98.2 Å². The molecule has 0 aromatic rings. The number of likely N-dealkylation sites (tertiary alicyclic amines) is 1. The lowest BCUT2D eigenvalue weighted by Crippen LogP contribution is -2.50. The van der Waals surface area contributed by atoms with Gasteiger partial charge in [-0.1, -0.05) is 0 Å². The molecule has 1 amide bonds. The molecule has 0 aromatic carbocycles. The van der Waals surface area contributed by atoms with Gasteiger partial charge in [0.15, 0.2) is 0 Å². The molecule has 1 saturated heterocycles. The van der Waals surface area contributed by atoms with E-state index in [4.69, 9.17) is 0 Å². The first kappa shape index (κ1) is 13.5. The van der Waals surface area contributed by atoms with Crippen molar-refractivity contribution >= 4 is 5.91 Å². The van der Waals surface area contributed by atoms with E-state index in [0.29, 0.717) is 0 Å². The minimum atomic E-state index is -0.174. The molecule has 0 saturated carbocycles. The molecule has 0 aromatic heterocycles. The minimum Gasteiger partial charge on any atom is -0.393 e. The first-order chi connectivity index (χ1) is 7.60. The van der Waals surface area contributed by atoms with E-state index < -0.39 is 0 Å². The van der Waals surface area contributed by atoms with E-state index in [9.17, 15) is 9.90 Å². The zero-order valence-electron chi connectivity index (χ0n) is 10.6. The van der Waals surface area contributed by atoms with Gasteiger partial charge < -0.3 is 10.0 Å². The SMILES string of the molecule is CCN(CC)C(=O)C(C)N1CCC(O)CC1. The van der Waals surface area contributed by atoms with Gasteiger partial charge in [0.05, 0.1) is 12.1 Å². The third-order valence-electron chi connectivity index (χ3n) is 3.48. The molecular weight excluding hydrogens is 204 g/mol. The van der Waals surface area contributed by atoms with Crippen molar-refractivity contribution in [3.8, 4) is 0 Å². The molecule has 16 heavy (non-hydrogen) atoms. The highest BCUT2D eigenvalue weighted by atomic mass is 16.3. The maximum Gasteiger partial charge on any atom is 0.239 e. The monoisotopic (exact) mass is 228 g/mol. The second-order valence-corrected chi connectivity index (χ2v) is 4.45. The van der Waals surface area contributed by atoms with Crippen molar-refractivity contribution < 1.29 is 9.90 Å². The Morgan fingerprint density at radius 1 is 1.38 bits per heavy atom. The first-order valence-corrected chi connectivity index (χ1v) is 6.31. The van der Waals surface area contributed by atoms with Gasteiger partial charge >= 0.3 is 0 Å². The number of piperidine rings is 1. The summed E-state index contributed by atoms with van der Waals surface area (Å²) in [5, 5.41) is 9.43. The summed E-state index contributed by atoms with van der Waals surface area (Å²) in [4.78, 5) is 16.2. The van der Waals surface area contributed by atoms with Crippen LogP contribution >= 0.6 is 0 Å². The van der Waals surface area contributed by atoms with E-state index in [1.807, 2.05) is 25.7 Å². The number of aliphatic hydroxyl groups excluding tert-OH is 1. The highest BCUT2D eigenvalue weighted by molar-refractivity contribution is 5.81. The number of aliphatic hydroxyl groups is 1. The number of rotatable bonds is 4. The Balaban J connectivity index is 2.50. The molecular formula is C12H24N2O2. The number of carbonyl (C=O) groups excluding carboxylic acids is 1. The van der Waals surface area contributed by atoms with Crippen LogP contribution in [0.1, 0.15) is 33.6 Å². The molecule has 0 bridgehead atoms.